The molecule has 0 aliphatic rings. The highest BCUT2D eigenvalue weighted by Crippen LogP contribution is 2.19. The lowest BCUT2D eigenvalue weighted by molar-refractivity contribution is -0.134. The molecule has 0 aliphatic heterocycles. The van der Waals surface area contributed by atoms with Crippen LogP contribution in [0.15, 0.2) is 30.4 Å². The van der Waals surface area contributed by atoms with Gasteiger partial charge in [0.15, 0.2) is 0 Å². The fourth-order valence-electron chi connectivity index (χ4n) is 1.52. The van der Waals surface area contributed by atoms with Crippen LogP contribution in [0.1, 0.15) is 5.56 Å². The van der Waals surface area contributed by atoms with Crippen LogP contribution in [-0.2, 0) is 20.7 Å². The number of nitrogens with one attached hydrogen (secondary N) is 1. The van der Waals surface area contributed by atoms with E-state index in [1.165, 1.54) is 44.6 Å². The van der Waals surface area contributed by atoms with Crippen molar-refractivity contribution in [1.82, 2.24) is 5.32 Å². The predicted molar refractivity (Wildman–Crippen MR) is 70.8 cm³/mol. The zero-order chi connectivity index (χ0) is 15.0. The Morgan fingerprint density at radius 2 is 2.10 bits per heavy atom. The van der Waals surface area contributed by atoms with Gasteiger partial charge < -0.3 is 14.8 Å². The summed E-state index contributed by atoms with van der Waals surface area (Å²) in [4.78, 5) is 22.5. The molecule has 108 valence electrons. The van der Waals surface area contributed by atoms with E-state index in [2.05, 4.69) is 10.1 Å². The number of rotatable bonds is 6. The van der Waals surface area contributed by atoms with Crippen LogP contribution in [-0.4, -0.2) is 32.6 Å². The Labute approximate surface area is 116 Å². The summed E-state index contributed by atoms with van der Waals surface area (Å²) in [7, 11) is 2.72. The molecule has 0 aliphatic carbocycles. The topological polar surface area (TPSA) is 64.6 Å². The third-order valence-electron chi connectivity index (χ3n) is 2.47. The Balaban J connectivity index is 2.52. The molecule has 0 heterocycles. The normalized spacial score (nSPS) is 10.3. The number of benzene rings is 1. The van der Waals surface area contributed by atoms with Gasteiger partial charge in [0.25, 0.3) is 0 Å². The van der Waals surface area contributed by atoms with Crippen molar-refractivity contribution in [2.45, 2.75) is 6.42 Å². The Morgan fingerprint density at radius 1 is 1.35 bits per heavy atom. The van der Waals surface area contributed by atoms with Crippen molar-refractivity contribution in [3.63, 3.8) is 0 Å². The van der Waals surface area contributed by atoms with E-state index < -0.39 is 11.8 Å². The number of methoxy groups -OCH3 is 2. The van der Waals surface area contributed by atoms with Crippen molar-refractivity contribution >= 4 is 11.9 Å². The number of hydrogen-bond acceptors (Lipinski definition) is 4. The summed E-state index contributed by atoms with van der Waals surface area (Å²) in [6.07, 6.45) is 2.67. The number of hydrogen-bond donors (Lipinski definition) is 1. The Bertz CT molecular complexity index is 514. The Kier molecular flexibility index (Phi) is 6.22. The van der Waals surface area contributed by atoms with Crippen molar-refractivity contribution in [3.8, 4) is 5.75 Å². The van der Waals surface area contributed by atoms with Crippen molar-refractivity contribution in [1.29, 1.82) is 0 Å². The second-order valence-corrected chi connectivity index (χ2v) is 3.86. The van der Waals surface area contributed by atoms with Crippen molar-refractivity contribution in [2.24, 2.45) is 0 Å². The Hall–Kier alpha value is -2.37. The van der Waals surface area contributed by atoms with Gasteiger partial charge in [-0.05, 0) is 18.2 Å². The summed E-state index contributed by atoms with van der Waals surface area (Å²) in [6, 6.07) is 3.98. The van der Waals surface area contributed by atoms with Crippen LogP contribution < -0.4 is 10.1 Å². The predicted octanol–water partition coefficient (Wildman–Crippen LogP) is 1.22. The molecule has 1 aromatic rings. The molecular weight excluding hydrogens is 265 g/mol. The first kappa shape index (κ1) is 15.7. The van der Waals surface area contributed by atoms with Gasteiger partial charge in [0.2, 0.25) is 5.91 Å². The van der Waals surface area contributed by atoms with Gasteiger partial charge in [0.1, 0.15) is 11.6 Å². The van der Waals surface area contributed by atoms with Gasteiger partial charge in [-0.2, -0.15) is 0 Å². The second-order valence-electron chi connectivity index (χ2n) is 3.86. The molecule has 5 nitrogen and oxygen atoms in total. The average Bonchev–Trinajstić information content (AvgIpc) is 2.43. The van der Waals surface area contributed by atoms with Crippen LogP contribution in [0.4, 0.5) is 4.39 Å². The molecule has 0 unspecified atom stereocenters. The standard InChI is InChI=1S/C14H16FNO4/c1-19-12-6-5-11(15)8-10(12)9-13(17)16-7-3-4-14(18)20-2/h3-6,8H,7,9H2,1-2H3,(H,16,17)/b4-3+. The maximum absolute atomic E-state index is 13.1. The summed E-state index contributed by atoms with van der Waals surface area (Å²) in [5, 5.41) is 2.57. The van der Waals surface area contributed by atoms with E-state index in [-0.39, 0.29) is 18.9 Å². The summed E-state index contributed by atoms with van der Waals surface area (Å²) in [5.41, 5.74) is 0.460. The van der Waals surface area contributed by atoms with Crippen LogP contribution in [0.2, 0.25) is 0 Å². The van der Waals surface area contributed by atoms with E-state index in [4.69, 9.17) is 4.74 Å². The molecule has 0 aromatic heterocycles. The zero-order valence-corrected chi connectivity index (χ0v) is 11.3. The van der Waals surface area contributed by atoms with Crippen LogP contribution in [0.3, 0.4) is 0 Å². The quantitative estimate of drug-likeness (QED) is 0.629. The second kappa shape index (κ2) is 7.93. The average molecular weight is 281 g/mol. The van der Waals surface area contributed by atoms with Crippen molar-refractivity contribution < 1.29 is 23.5 Å². The Morgan fingerprint density at radius 3 is 2.75 bits per heavy atom. The summed E-state index contributed by atoms with van der Waals surface area (Å²) < 4.78 is 22.6. The van der Waals surface area contributed by atoms with Crippen molar-refractivity contribution in [3.05, 3.63) is 41.7 Å². The molecule has 0 saturated heterocycles. The molecule has 1 aromatic carbocycles. The van der Waals surface area contributed by atoms with Gasteiger partial charge in [0, 0.05) is 18.2 Å². The molecule has 1 rings (SSSR count). The van der Waals surface area contributed by atoms with Gasteiger partial charge in [-0.3, -0.25) is 4.79 Å². The monoisotopic (exact) mass is 281 g/mol. The number of ether oxygens (including phenoxy) is 2. The molecule has 0 radical (unpaired) electrons. The smallest absolute Gasteiger partial charge is 0.330 e. The van der Waals surface area contributed by atoms with Gasteiger partial charge in [-0.15, -0.1) is 0 Å². The molecule has 6 heteroatoms. The van der Waals surface area contributed by atoms with Crippen molar-refractivity contribution in [2.75, 3.05) is 20.8 Å². The minimum atomic E-state index is -0.494. The van der Waals surface area contributed by atoms with E-state index >= 15 is 0 Å². The largest absolute Gasteiger partial charge is 0.496 e. The molecule has 0 atom stereocenters. The highest BCUT2D eigenvalue weighted by molar-refractivity contribution is 5.82. The van der Waals surface area contributed by atoms with E-state index in [0.29, 0.717) is 11.3 Å². The van der Waals surface area contributed by atoms with E-state index in [1.54, 1.807) is 0 Å². The van der Waals surface area contributed by atoms with Crippen LogP contribution >= 0.6 is 0 Å². The number of carbonyl (C=O) groups excluding carboxylic acids is 2. The summed E-state index contributed by atoms with van der Waals surface area (Å²) in [6.45, 7) is 0.186. The maximum Gasteiger partial charge on any atom is 0.330 e. The first-order valence-corrected chi connectivity index (χ1v) is 5.90. The molecule has 0 spiro atoms. The summed E-state index contributed by atoms with van der Waals surface area (Å²) >= 11 is 0. The first-order valence-electron chi connectivity index (χ1n) is 5.90. The lowest BCUT2D eigenvalue weighted by atomic mass is 10.1. The van der Waals surface area contributed by atoms with E-state index in [9.17, 15) is 14.0 Å². The molecule has 20 heavy (non-hydrogen) atoms. The fraction of sp³-hybridized carbons (Fsp3) is 0.286. The fourth-order valence-corrected chi connectivity index (χ4v) is 1.52. The van der Waals surface area contributed by atoms with Gasteiger partial charge >= 0.3 is 5.97 Å². The van der Waals surface area contributed by atoms with Crippen LogP contribution in [0, 0.1) is 5.82 Å². The third kappa shape index (κ3) is 5.09. The lowest BCUT2D eigenvalue weighted by Crippen LogP contribution is -2.25. The molecule has 0 saturated carbocycles. The van der Waals surface area contributed by atoms with Gasteiger partial charge in [0.05, 0.1) is 20.6 Å². The van der Waals surface area contributed by atoms with Gasteiger partial charge in [-0.25, -0.2) is 9.18 Å². The SMILES string of the molecule is COC(=O)/C=C/CNC(=O)Cc1cc(F)ccc1OC. The molecule has 1 N–H and O–H groups in total. The minimum Gasteiger partial charge on any atom is -0.496 e. The zero-order valence-electron chi connectivity index (χ0n) is 11.3. The number of esters is 1. The van der Waals surface area contributed by atoms with Crippen LogP contribution in [0.25, 0.3) is 0 Å². The van der Waals surface area contributed by atoms with E-state index in [1.807, 2.05) is 0 Å². The minimum absolute atomic E-state index is 0.00695. The number of carbonyl (C=O) groups is 2. The van der Waals surface area contributed by atoms with Crippen LogP contribution in [0.5, 0.6) is 5.75 Å². The number of amides is 1. The molecule has 0 fully saturated rings. The van der Waals surface area contributed by atoms with E-state index in [0.717, 1.165) is 0 Å². The molecule has 1 amide bonds. The van der Waals surface area contributed by atoms with Gasteiger partial charge in [-0.1, -0.05) is 6.08 Å². The summed E-state index contributed by atoms with van der Waals surface area (Å²) in [5.74, 6) is -0.777. The lowest BCUT2D eigenvalue weighted by Gasteiger charge is -2.08. The molecular formula is C14H16FNO4. The molecule has 0 bridgehead atoms. The highest BCUT2D eigenvalue weighted by Gasteiger charge is 2.09. The highest BCUT2D eigenvalue weighted by atomic mass is 19.1. The first-order chi connectivity index (χ1) is 9.56. The third-order valence-corrected chi connectivity index (χ3v) is 2.47. The maximum atomic E-state index is 13.1. The number of halogens is 1.